The summed E-state index contributed by atoms with van der Waals surface area (Å²) in [6, 6.07) is 9.77. The summed E-state index contributed by atoms with van der Waals surface area (Å²) in [7, 11) is 3.43. The van der Waals surface area contributed by atoms with E-state index in [1.165, 1.54) is 4.90 Å². The van der Waals surface area contributed by atoms with Crippen LogP contribution in [0.15, 0.2) is 30.3 Å². The van der Waals surface area contributed by atoms with Gasteiger partial charge in [-0.1, -0.05) is 51.1 Å². The quantitative estimate of drug-likeness (QED) is 0.803. The van der Waals surface area contributed by atoms with Crippen LogP contribution in [-0.2, 0) is 16.1 Å². The van der Waals surface area contributed by atoms with Gasteiger partial charge < -0.3 is 14.7 Å². The van der Waals surface area contributed by atoms with Crippen molar-refractivity contribution in [2.75, 3.05) is 14.1 Å². The van der Waals surface area contributed by atoms with Crippen LogP contribution in [0.25, 0.3) is 0 Å². The normalized spacial score (nSPS) is 14.5. The van der Waals surface area contributed by atoms with Crippen LogP contribution in [0.3, 0.4) is 0 Å². The molecule has 0 saturated carbocycles. The largest absolute Gasteiger partial charge is 0.390 e. The van der Waals surface area contributed by atoms with E-state index >= 15 is 0 Å². The van der Waals surface area contributed by atoms with E-state index in [-0.39, 0.29) is 11.8 Å². The Bertz CT molecular complexity index is 455. The van der Waals surface area contributed by atoms with Crippen molar-refractivity contribution in [1.82, 2.24) is 4.90 Å². The summed E-state index contributed by atoms with van der Waals surface area (Å²) in [4.78, 5) is 14.0. The lowest BCUT2D eigenvalue weighted by atomic mass is 9.80. The van der Waals surface area contributed by atoms with Gasteiger partial charge in [0.25, 0.3) is 5.91 Å². The van der Waals surface area contributed by atoms with Gasteiger partial charge in [0.15, 0.2) is 0 Å². The number of ether oxygens (including phenoxy) is 1. The molecule has 22 heavy (non-hydrogen) atoms. The van der Waals surface area contributed by atoms with Crippen LogP contribution in [-0.4, -0.2) is 41.7 Å². The van der Waals surface area contributed by atoms with Crippen LogP contribution >= 0.6 is 0 Å². The van der Waals surface area contributed by atoms with Gasteiger partial charge in [0, 0.05) is 20.0 Å². The molecule has 1 rings (SSSR count). The fraction of sp³-hybridized carbons (Fsp3) is 0.611. The zero-order valence-electron chi connectivity index (χ0n) is 14.4. The highest BCUT2D eigenvalue weighted by molar-refractivity contribution is 5.80. The Balaban J connectivity index is 2.91. The van der Waals surface area contributed by atoms with Crippen molar-refractivity contribution in [1.29, 1.82) is 0 Å². The van der Waals surface area contributed by atoms with E-state index in [0.29, 0.717) is 19.4 Å². The SMILES string of the molecule is CCC(O)(CC)[C@@H](C)[C@@H](OCc1ccccc1)C(=O)N(C)C. The Morgan fingerprint density at radius 2 is 1.77 bits per heavy atom. The molecule has 0 fully saturated rings. The zero-order chi connectivity index (χ0) is 16.8. The average molecular weight is 307 g/mol. The number of nitrogens with zero attached hydrogens (tertiary/aromatic N) is 1. The molecule has 0 aliphatic heterocycles. The average Bonchev–Trinajstić information content (AvgIpc) is 2.54. The first-order valence-corrected chi connectivity index (χ1v) is 7.94. The van der Waals surface area contributed by atoms with E-state index in [0.717, 1.165) is 5.56 Å². The number of carbonyl (C=O) groups is 1. The van der Waals surface area contributed by atoms with Crippen molar-refractivity contribution in [3.05, 3.63) is 35.9 Å². The molecule has 0 unspecified atom stereocenters. The monoisotopic (exact) mass is 307 g/mol. The number of carbonyl (C=O) groups excluding carboxylic acids is 1. The topological polar surface area (TPSA) is 49.8 Å². The van der Waals surface area contributed by atoms with Crippen LogP contribution in [0.2, 0.25) is 0 Å². The molecule has 1 aromatic rings. The third-order valence-electron chi connectivity index (χ3n) is 4.48. The number of rotatable bonds is 8. The molecular weight excluding hydrogens is 278 g/mol. The molecule has 0 spiro atoms. The fourth-order valence-corrected chi connectivity index (χ4v) is 2.62. The molecule has 0 bridgehead atoms. The first-order chi connectivity index (χ1) is 10.4. The van der Waals surface area contributed by atoms with Crippen molar-refractivity contribution in [3.63, 3.8) is 0 Å². The van der Waals surface area contributed by atoms with Crippen molar-refractivity contribution < 1.29 is 14.6 Å². The lowest BCUT2D eigenvalue weighted by molar-refractivity contribution is -0.156. The minimum absolute atomic E-state index is 0.108. The van der Waals surface area contributed by atoms with Crippen LogP contribution in [0, 0.1) is 5.92 Å². The number of hydrogen-bond donors (Lipinski definition) is 1. The lowest BCUT2D eigenvalue weighted by Gasteiger charge is -2.37. The maximum Gasteiger partial charge on any atom is 0.251 e. The summed E-state index contributed by atoms with van der Waals surface area (Å²) >= 11 is 0. The lowest BCUT2D eigenvalue weighted by Crippen LogP contribution is -2.49. The van der Waals surface area contributed by atoms with E-state index in [9.17, 15) is 9.90 Å². The van der Waals surface area contributed by atoms with Gasteiger partial charge in [0.1, 0.15) is 6.10 Å². The molecular formula is C18H29NO3. The van der Waals surface area contributed by atoms with E-state index in [4.69, 9.17) is 4.74 Å². The summed E-state index contributed by atoms with van der Waals surface area (Å²) < 4.78 is 5.91. The van der Waals surface area contributed by atoms with E-state index in [2.05, 4.69) is 0 Å². The predicted octanol–water partition coefficient (Wildman–Crippen LogP) is 2.85. The second kappa shape index (κ2) is 8.30. The molecule has 0 aromatic heterocycles. The minimum Gasteiger partial charge on any atom is -0.390 e. The molecule has 0 heterocycles. The molecule has 1 amide bonds. The summed E-state index contributed by atoms with van der Waals surface area (Å²) in [5.74, 6) is -0.384. The van der Waals surface area contributed by atoms with Crippen molar-refractivity contribution in [3.8, 4) is 0 Å². The molecule has 0 saturated heterocycles. The fourth-order valence-electron chi connectivity index (χ4n) is 2.62. The van der Waals surface area contributed by atoms with Gasteiger partial charge in [-0.25, -0.2) is 0 Å². The molecule has 1 N–H and O–H groups in total. The molecule has 4 nitrogen and oxygen atoms in total. The maximum atomic E-state index is 12.5. The van der Waals surface area contributed by atoms with Crippen molar-refractivity contribution in [2.45, 2.75) is 51.9 Å². The van der Waals surface area contributed by atoms with Crippen LogP contribution < -0.4 is 0 Å². The van der Waals surface area contributed by atoms with E-state index in [1.54, 1.807) is 14.1 Å². The summed E-state index contributed by atoms with van der Waals surface area (Å²) in [5.41, 5.74) is 0.121. The number of aliphatic hydroxyl groups is 1. The Kier molecular flexibility index (Phi) is 7.04. The van der Waals surface area contributed by atoms with Gasteiger partial charge in [-0.05, 0) is 18.4 Å². The second-order valence-corrected chi connectivity index (χ2v) is 6.05. The number of hydrogen-bond acceptors (Lipinski definition) is 3. The molecule has 0 aliphatic rings. The summed E-state index contributed by atoms with van der Waals surface area (Å²) in [6.45, 7) is 6.13. The first-order valence-electron chi connectivity index (χ1n) is 7.94. The van der Waals surface area contributed by atoms with Crippen LogP contribution in [0.1, 0.15) is 39.2 Å². The smallest absolute Gasteiger partial charge is 0.251 e. The van der Waals surface area contributed by atoms with Crippen LogP contribution in [0.5, 0.6) is 0 Å². The molecule has 124 valence electrons. The van der Waals surface area contributed by atoms with Gasteiger partial charge in [-0.3, -0.25) is 4.79 Å². The first kappa shape index (κ1) is 18.7. The second-order valence-electron chi connectivity index (χ2n) is 6.05. The van der Waals surface area contributed by atoms with Crippen molar-refractivity contribution >= 4 is 5.91 Å². The summed E-state index contributed by atoms with van der Waals surface area (Å²) in [6.07, 6.45) is 0.535. The van der Waals surface area contributed by atoms with E-state index < -0.39 is 11.7 Å². The van der Waals surface area contributed by atoms with Crippen molar-refractivity contribution in [2.24, 2.45) is 5.92 Å². The Labute approximate surface area is 134 Å². The Morgan fingerprint density at radius 3 is 2.23 bits per heavy atom. The van der Waals surface area contributed by atoms with Gasteiger partial charge in [-0.2, -0.15) is 0 Å². The van der Waals surface area contributed by atoms with Gasteiger partial charge in [0.05, 0.1) is 12.2 Å². The number of amides is 1. The summed E-state index contributed by atoms with van der Waals surface area (Å²) in [5, 5.41) is 10.7. The highest BCUT2D eigenvalue weighted by Gasteiger charge is 2.40. The van der Waals surface area contributed by atoms with E-state index in [1.807, 2.05) is 51.1 Å². The standard InChI is InChI=1S/C18H29NO3/c1-6-18(21,7-2)14(3)16(17(20)19(4)5)22-13-15-11-9-8-10-12-15/h8-12,14,16,21H,6-7,13H2,1-5H3/t14-,16+/m0/s1. The highest BCUT2D eigenvalue weighted by atomic mass is 16.5. The molecule has 1 aromatic carbocycles. The van der Waals surface area contributed by atoms with Gasteiger partial charge in [-0.15, -0.1) is 0 Å². The molecule has 0 aliphatic carbocycles. The Hall–Kier alpha value is -1.39. The van der Waals surface area contributed by atoms with Crippen LogP contribution in [0.4, 0.5) is 0 Å². The number of benzene rings is 1. The maximum absolute atomic E-state index is 12.5. The highest BCUT2D eigenvalue weighted by Crippen LogP contribution is 2.30. The predicted molar refractivity (Wildman–Crippen MR) is 88.4 cm³/mol. The molecule has 2 atom stereocenters. The van der Waals surface area contributed by atoms with Gasteiger partial charge >= 0.3 is 0 Å². The molecule has 0 radical (unpaired) electrons. The van der Waals surface area contributed by atoms with Gasteiger partial charge in [0.2, 0.25) is 0 Å². The number of likely N-dealkylation sites (N-methyl/N-ethyl adjacent to an activating group) is 1. The zero-order valence-corrected chi connectivity index (χ0v) is 14.4. The molecule has 4 heteroatoms. The Morgan fingerprint density at radius 1 is 1.23 bits per heavy atom. The third kappa shape index (κ3) is 4.55. The third-order valence-corrected chi connectivity index (χ3v) is 4.48. The minimum atomic E-state index is -0.896.